The minimum absolute atomic E-state index is 0.121. The van der Waals surface area contributed by atoms with Crippen LogP contribution < -0.4 is 14.8 Å². The largest absolute Gasteiger partial charge is 0.486 e. The minimum atomic E-state index is -1.03. The first-order valence-electron chi connectivity index (χ1n) is 10.5. The van der Waals surface area contributed by atoms with Crippen molar-refractivity contribution in [3.63, 3.8) is 0 Å². The van der Waals surface area contributed by atoms with E-state index in [1.54, 1.807) is 18.2 Å². The molecule has 0 aliphatic carbocycles. The van der Waals surface area contributed by atoms with Gasteiger partial charge in [0, 0.05) is 19.6 Å². The Balaban J connectivity index is 1.44. The van der Waals surface area contributed by atoms with E-state index in [1.165, 1.54) is 0 Å². The van der Waals surface area contributed by atoms with Gasteiger partial charge in [0.1, 0.15) is 32.1 Å². The molecule has 3 atom stereocenters. The fourth-order valence-electron chi connectivity index (χ4n) is 3.85. The van der Waals surface area contributed by atoms with Crippen molar-refractivity contribution in [1.29, 1.82) is 0 Å². The summed E-state index contributed by atoms with van der Waals surface area (Å²) in [5, 5.41) is 13.8. The number of fused-ring (bicyclic) bond motifs is 1. The zero-order valence-electron chi connectivity index (χ0n) is 17.2. The second-order valence-corrected chi connectivity index (χ2v) is 7.81. The molecule has 2 aromatic rings. The number of carbonyl (C=O) groups is 1. The van der Waals surface area contributed by atoms with Crippen LogP contribution in [0.5, 0.6) is 11.5 Å². The molecule has 2 heterocycles. The van der Waals surface area contributed by atoms with Gasteiger partial charge in [-0.1, -0.05) is 36.4 Å². The first kappa shape index (κ1) is 21.4. The van der Waals surface area contributed by atoms with E-state index in [0.29, 0.717) is 49.8 Å². The van der Waals surface area contributed by atoms with Gasteiger partial charge < -0.3 is 24.6 Å². The van der Waals surface area contributed by atoms with E-state index in [-0.39, 0.29) is 13.2 Å². The number of hydrogen-bond donors (Lipinski definition) is 2. The average molecular weight is 430 g/mol. The number of rotatable bonds is 7. The van der Waals surface area contributed by atoms with Crippen LogP contribution >= 0.6 is 0 Å². The Morgan fingerprint density at radius 1 is 1.19 bits per heavy atom. The Kier molecular flexibility index (Phi) is 6.89. The van der Waals surface area contributed by atoms with Crippen LogP contribution in [-0.2, 0) is 11.3 Å². The van der Waals surface area contributed by atoms with Gasteiger partial charge in [-0.15, -0.1) is 0 Å². The van der Waals surface area contributed by atoms with Crippen molar-refractivity contribution >= 4 is 6.09 Å². The molecule has 2 aliphatic rings. The molecule has 31 heavy (non-hydrogen) atoms. The van der Waals surface area contributed by atoms with Crippen LogP contribution in [0.1, 0.15) is 23.7 Å². The lowest BCUT2D eigenvalue weighted by Crippen LogP contribution is -2.47. The molecule has 2 aliphatic heterocycles. The smallest absolute Gasteiger partial charge is 0.407 e. The molecule has 0 radical (unpaired) electrons. The first-order chi connectivity index (χ1) is 15.1. The molecule has 1 amide bonds. The second kappa shape index (κ2) is 9.98. The summed E-state index contributed by atoms with van der Waals surface area (Å²) in [7, 11) is 0. The summed E-state index contributed by atoms with van der Waals surface area (Å²) in [5.41, 5.74) is 1.44. The molecule has 0 saturated carbocycles. The highest BCUT2D eigenvalue weighted by molar-refractivity contribution is 5.67. The molecule has 0 bridgehead atoms. The van der Waals surface area contributed by atoms with Gasteiger partial charge in [-0.2, -0.15) is 0 Å². The van der Waals surface area contributed by atoms with Gasteiger partial charge in [0.2, 0.25) is 0 Å². The van der Waals surface area contributed by atoms with E-state index < -0.39 is 24.4 Å². The standard InChI is InChI=1S/C23H27FN2O5/c24-18-8-9-26(13-18)14-19(25-23(28)31-15-16-4-2-1-3-5-16)22(27)17-6-7-20-21(12-17)30-11-10-29-20/h1-7,12,18-19,22,27H,8-11,13-15H2,(H,25,28)/t18-,19-,22-/m1/s1. The van der Waals surface area contributed by atoms with Crippen molar-refractivity contribution in [2.45, 2.75) is 31.3 Å². The van der Waals surface area contributed by atoms with Crippen molar-refractivity contribution in [2.75, 3.05) is 32.8 Å². The molecule has 1 saturated heterocycles. The van der Waals surface area contributed by atoms with Crippen molar-refractivity contribution < 1.29 is 28.5 Å². The van der Waals surface area contributed by atoms with Crippen LogP contribution in [0.4, 0.5) is 9.18 Å². The van der Waals surface area contributed by atoms with Crippen molar-refractivity contribution in [3.05, 3.63) is 59.7 Å². The fourth-order valence-corrected chi connectivity index (χ4v) is 3.85. The van der Waals surface area contributed by atoms with Crippen LogP contribution in [0, 0.1) is 0 Å². The summed E-state index contributed by atoms with van der Waals surface area (Å²) in [4.78, 5) is 14.3. The number of carbonyl (C=O) groups excluding carboxylic acids is 1. The first-order valence-corrected chi connectivity index (χ1v) is 10.5. The molecule has 0 unspecified atom stereocenters. The lowest BCUT2D eigenvalue weighted by molar-refractivity contribution is 0.0867. The summed E-state index contributed by atoms with van der Waals surface area (Å²) in [6, 6.07) is 13.9. The number of alkyl halides is 1. The van der Waals surface area contributed by atoms with Crippen LogP contribution in [0.25, 0.3) is 0 Å². The van der Waals surface area contributed by atoms with E-state index in [0.717, 1.165) is 5.56 Å². The number of alkyl carbamates (subject to hydrolysis) is 1. The Bertz CT molecular complexity index is 882. The van der Waals surface area contributed by atoms with Gasteiger partial charge >= 0.3 is 6.09 Å². The van der Waals surface area contributed by atoms with Gasteiger partial charge in [0.05, 0.1) is 6.04 Å². The Morgan fingerprint density at radius 2 is 1.97 bits per heavy atom. The lowest BCUT2D eigenvalue weighted by atomic mass is 10.0. The van der Waals surface area contributed by atoms with Crippen LogP contribution in [-0.4, -0.2) is 61.2 Å². The maximum Gasteiger partial charge on any atom is 0.407 e. The Hall–Kier alpha value is -2.84. The third kappa shape index (κ3) is 5.65. The predicted octanol–water partition coefficient (Wildman–Crippen LogP) is 2.83. The number of hydrogen-bond acceptors (Lipinski definition) is 6. The van der Waals surface area contributed by atoms with Gasteiger partial charge in [-0.25, -0.2) is 9.18 Å². The summed E-state index contributed by atoms with van der Waals surface area (Å²) >= 11 is 0. The second-order valence-electron chi connectivity index (χ2n) is 7.81. The van der Waals surface area contributed by atoms with Gasteiger partial charge in [0.25, 0.3) is 0 Å². The lowest BCUT2D eigenvalue weighted by Gasteiger charge is -2.29. The molecule has 1 fully saturated rings. The van der Waals surface area contributed by atoms with Crippen LogP contribution in [0.2, 0.25) is 0 Å². The average Bonchev–Trinajstić information content (AvgIpc) is 3.21. The summed E-state index contributed by atoms with van der Waals surface area (Å²) in [6.07, 6.45) is -2.11. The summed E-state index contributed by atoms with van der Waals surface area (Å²) in [5.74, 6) is 1.17. The zero-order chi connectivity index (χ0) is 21.6. The number of halogens is 1. The van der Waals surface area contributed by atoms with E-state index in [1.807, 2.05) is 35.2 Å². The number of nitrogens with zero attached hydrogens (tertiary/aromatic N) is 1. The minimum Gasteiger partial charge on any atom is -0.486 e. The third-order valence-corrected chi connectivity index (χ3v) is 5.47. The van der Waals surface area contributed by atoms with Crippen molar-refractivity contribution in [2.24, 2.45) is 0 Å². The Morgan fingerprint density at radius 3 is 2.71 bits per heavy atom. The molecule has 2 N–H and O–H groups in total. The number of amides is 1. The number of aliphatic hydroxyl groups is 1. The van der Waals surface area contributed by atoms with Crippen LogP contribution in [0.3, 0.4) is 0 Å². The maximum absolute atomic E-state index is 13.7. The SMILES string of the molecule is O=C(N[C@H](CN1CC[C@@H](F)C1)[C@H](O)c1ccc2c(c1)OCCO2)OCc1ccccc1. The fraction of sp³-hybridized carbons (Fsp3) is 0.435. The summed E-state index contributed by atoms with van der Waals surface area (Å²) < 4.78 is 30.1. The molecule has 7 nitrogen and oxygen atoms in total. The monoisotopic (exact) mass is 430 g/mol. The van der Waals surface area contributed by atoms with Crippen molar-refractivity contribution in [3.8, 4) is 11.5 Å². The molecule has 0 spiro atoms. The van der Waals surface area contributed by atoms with Crippen LogP contribution in [0.15, 0.2) is 48.5 Å². The molecule has 4 rings (SSSR count). The number of ether oxygens (including phenoxy) is 3. The van der Waals surface area contributed by atoms with E-state index >= 15 is 0 Å². The quantitative estimate of drug-likeness (QED) is 0.703. The van der Waals surface area contributed by atoms with E-state index in [2.05, 4.69) is 5.32 Å². The Labute approximate surface area is 180 Å². The maximum atomic E-state index is 13.7. The highest BCUT2D eigenvalue weighted by atomic mass is 19.1. The highest BCUT2D eigenvalue weighted by Gasteiger charge is 2.30. The highest BCUT2D eigenvalue weighted by Crippen LogP contribution is 2.33. The molecule has 166 valence electrons. The molecule has 8 heteroatoms. The number of nitrogens with one attached hydrogen (secondary N) is 1. The molecule has 2 aromatic carbocycles. The molecule has 0 aromatic heterocycles. The number of benzene rings is 2. The molecular formula is C23H27FN2O5. The van der Waals surface area contributed by atoms with Gasteiger partial charge in [-0.05, 0) is 29.7 Å². The van der Waals surface area contributed by atoms with Gasteiger partial charge in [-0.3, -0.25) is 4.90 Å². The van der Waals surface area contributed by atoms with E-state index in [4.69, 9.17) is 14.2 Å². The topological polar surface area (TPSA) is 80.3 Å². The zero-order valence-corrected chi connectivity index (χ0v) is 17.2. The number of aliphatic hydroxyl groups excluding tert-OH is 1. The predicted molar refractivity (Wildman–Crippen MR) is 112 cm³/mol. The summed E-state index contributed by atoms with van der Waals surface area (Å²) in [6.45, 7) is 2.20. The normalized spacial score (nSPS) is 20.1. The van der Waals surface area contributed by atoms with Crippen molar-refractivity contribution in [1.82, 2.24) is 10.2 Å². The number of likely N-dealkylation sites (tertiary alicyclic amines) is 1. The van der Waals surface area contributed by atoms with Gasteiger partial charge in [0.15, 0.2) is 11.5 Å². The van der Waals surface area contributed by atoms with E-state index in [9.17, 15) is 14.3 Å². The third-order valence-electron chi connectivity index (χ3n) is 5.47. The molecular weight excluding hydrogens is 403 g/mol.